The highest BCUT2D eigenvalue weighted by atomic mass is 16.5. The lowest BCUT2D eigenvalue weighted by Crippen LogP contribution is -2.15. The third-order valence-electron chi connectivity index (χ3n) is 4.91. The Labute approximate surface area is 175 Å². The second-order valence-corrected chi connectivity index (χ2v) is 7.06. The standard InChI is InChI=1S/C24H24N2O4/c1-15-19-11-8-17(14-18(19)10-12-21(15)25-16(2)27)9-13-23(28)26-22-7-5-4-6-20(22)24(29)30-3/h4-8,10-12,14H,9,13H2,1-3H3,(H,25,27)(H,26,28). The van der Waals surface area contributed by atoms with E-state index in [1.54, 1.807) is 24.3 Å². The van der Waals surface area contributed by atoms with Crippen LogP contribution in [-0.4, -0.2) is 24.9 Å². The highest BCUT2D eigenvalue weighted by Gasteiger charge is 2.13. The average molecular weight is 404 g/mol. The van der Waals surface area contributed by atoms with Crippen LogP contribution in [0, 0.1) is 6.92 Å². The summed E-state index contributed by atoms with van der Waals surface area (Å²) < 4.78 is 4.75. The number of methoxy groups -OCH3 is 1. The molecule has 6 heteroatoms. The number of esters is 1. The first-order valence-electron chi connectivity index (χ1n) is 9.66. The van der Waals surface area contributed by atoms with Gasteiger partial charge in [0.25, 0.3) is 0 Å². The van der Waals surface area contributed by atoms with E-state index in [4.69, 9.17) is 4.74 Å². The number of benzene rings is 3. The molecular formula is C24H24N2O4. The van der Waals surface area contributed by atoms with E-state index in [0.29, 0.717) is 17.7 Å². The second kappa shape index (κ2) is 9.22. The highest BCUT2D eigenvalue weighted by molar-refractivity contribution is 6.01. The number of aryl methyl sites for hydroxylation is 2. The molecule has 0 fully saturated rings. The van der Waals surface area contributed by atoms with Crippen molar-refractivity contribution in [3.05, 3.63) is 71.3 Å². The Bertz CT molecular complexity index is 1120. The van der Waals surface area contributed by atoms with Gasteiger partial charge in [-0.2, -0.15) is 0 Å². The third-order valence-corrected chi connectivity index (χ3v) is 4.91. The Hall–Kier alpha value is -3.67. The molecule has 0 radical (unpaired) electrons. The number of para-hydroxylation sites is 1. The number of anilines is 2. The molecule has 0 bridgehead atoms. The highest BCUT2D eigenvalue weighted by Crippen LogP contribution is 2.27. The summed E-state index contributed by atoms with van der Waals surface area (Å²) in [5.74, 6) is -0.771. The Morgan fingerprint density at radius 3 is 2.43 bits per heavy atom. The molecule has 0 saturated carbocycles. The SMILES string of the molecule is COC(=O)c1ccccc1NC(=O)CCc1ccc2c(C)c(NC(C)=O)ccc2c1. The van der Waals surface area contributed by atoms with Crippen molar-refractivity contribution < 1.29 is 19.1 Å². The van der Waals surface area contributed by atoms with Crippen LogP contribution in [-0.2, 0) is 20.7 Å². The van der Waals surface area contributed by atoms with Crippen molar-refractivity contribution >= 4 is 39.9 Å². The number of hydrogen-bond donors (Lipinski definition) is 2. The molecule has 0 unspecified atom stereocenters. The lowest BCUT2D eigenvalue weighted by molar-refractivity contribution is -0.116. The Balaban J connectivity index is 1.69. The van der Waals surface area contributed by atoms with Crippen LogP contribution < -0.4 is 10.6 Å². The number of rotatable bonds is 6. The maximum atomic E-state index is 12.4. The van der Waals surface area contributed by atoms with Crippen molar-refractivity contribution in [3.63, 3.8) is 0 Å². The molecule has 3 aromatic rings. The van der Waals surface area contributed by atoms with E-state index in [0.717, 1.165) is 27.6 Å². The number of ether oxygens (including phenoxy) is 1. The fourth-order valence-electron chi connectivity index (χ4n) is 3.37. The Kier molecular flexibility index (Phi) is 6.47. The minimum Gasteiger partial charge on any atom is -0.465 e. The van der Waals surface area contributed by atoms with E-state index in [-0.39, 0.29) is 18.2 Å². The molecule has 30 heavy (non-hydrogen) atoms. The molecule has 0 heterocycles. The molecular weight excluding hydrogens is 380 g/mol. The van der Waals surface area contributed by atoms with Crippen molar-refractivity contribution in [1.82, 2.24) is 0 Å². The number of carbonyl (C=O) groups is 3. The largest absolute Gasteiger partial charge is 0.465 e. The first kappa shape index (κ1) is 21.0. The van der Waals surface area contributed by atoms with Gasteiger partial charge in [-0.15, -0.1) is 0 Å². The summed E-state index contributed by atoms with van der Waals surface area (Å²) in [5.41, 5.74) is 3.60. The predicted molar refractivity (Wildman–Crippen MR) is 118 cm³/mol. The van der Waals surface area contributed by atoms with Crippen LogP contribution in [0.5, 0.6) is 0 Å². The second-order valence-electron chi connectivity index (χ2n) is 7.06. The molecule has 0 aromatic heterocycles. The number of amides is 2. The first-order valence-corrected chi connectivity index (χ1v) is 9.66. The van der Waals surface area contributed by atoms with Crippen LogP contribution in [0.2, 0.25) is 0 Å². The van der Waals surface area contributed by atoms with Gasteiger partial charge in [0, 0.05) is 19.0 Å². The van der Waals surface area contributed by atoms with Crippen LogP contribution in [0.1, 0.15) is 34.8 Å². The zero-order valence-corrected chi connectivity index (χ0v) is 17.2. The molecule has 0 aliphatic rings. The van der Waals surface area contributed by atoms with Gasteiger partial charge in [-0.25, -0.2) is 4.79 Å². The van der Waals surface area contributed by atoms with Crippen LogP contribution >= 0.6 is 0 Å². The van der Waals surface area contributed by atoms with Crippen molar-refractivity contribution in [2.24, 2.45) is 0 Å². The molecule has 3 rings (SSSR count). The van der Waals surface area contributed by atoms with Gasteiger partial charge in [0.1, 0.15) is 0 Å². The molecule has 154 valence electrons. The van der Waals surface area contributed by atoms with E-state index in [1.807, 2.05) is 31.2 Å². The van der Waals surface area contributed by atoms with E-state index >= 15 is 0 Å². The summed E-state index contributed by atoms with van der Waals surface area (Å²) >= 11 is 0. The van der Waals surface area contributed by atoms with Gasteiger partial charge in [0.2, 0.25) is 11.8 Å². The Morgan fingerprint density at radius 1 is 0.933 bits per heavy atom. The monoisotopic (exact) mass is 404 g/mol. The van der Waals surface area contributed by atoms with E-state index < -0.39 is 5.97 Å². The molecule has 0 aliphatic carbocycles. The van der Waals surface area contributed by atoms with Gasteiger partial charge in [-0.05, 0) is 53.4 Å². The van der Waals surface area contributed by atoms with E-state index in [9.17, 15) is 14.4 Å². The maximum Gasteiger partial charge on any atom is 0.339 e. The van der Waals surface area contributed by atoms with Crippen molar-refractivity contribution in [3.8, 4) is 0 Å². The number of hydrogen-bond acceptors (Lipinski definition) is 4. The normalized spacial score (nSPS) is 10.5. The molecule has 2 N–H and O–H groups in total. The summed E-state index contributed by atoms with van der Waals surface area (Å²) in [4.78, 5) is 35.6. The molecule has 0 atom stereocenters. The quantitative estimate of drug-likeness (QED) is 0.594. The van der Waals surface area contributed by atoms with Crippen molar-refractivity contribution in [2.45, 2.75) is 26.7 Å². The Morgan fingerprint density at radius 2 is 1.70 bits per heavy atom. The topological polar surface area (TPSA) is 84.5 Å². The lowest BCUT2D eigenvalue weighted by atomic mass is 9.99. The average Bonchev–Trinajstić information content (AvgIpc) is 2.74. The number of fused-ring (bicyclic) bond motifs is 1. The van der Waals surface area contributed by atoms with E-state index in [1.165, 1.54) is 14.0 Å². The van der Waals surface area contributed by atoms with Crippen LogP contribution in [0.3, 0.4) is 0 Å². The van der Waals surface area contributed by atoms with Gasteiger partial charge < -0.3 is 15.4 Å². The van der Waals surface area contributed by atoms with Crippen LogP contribution in [0.25, 0.3) is 10.8 Å². The zero-order valence-electron chi connectivity index (χ0n) is 17.2. The molecule has 0 saturated heterocycles. The number of carbonyl (C=O) groups excluding carboxylic acids is 3. The van der Waals surface area contributed by atoms with Crippen molar-refractivity contribution in [2.75, 3.05) is 17.7 Å². The zero-order chi connectivity index (χ0) is 21.7. The minimum atomic E-state index is -0.491. The summed E-state index contributed by atoms with van der Waals surface area (Å²) in [6, 6.07) is 16.7. The van der Waals surface area contributed by atoms with E-state index in [2.05, 4.69) is 16.7 Å². The fraction of sp³-hybridized carbons (Fsp3) is 0.208. The molecule has 2 amide bonds. The van der Waals surface area contributed by atoms with Crippen LogP contribution in [0.4, 0.5) is 11.4 Å². The fourth-order valence-corrected chi connectivity index (χ4v) is 3.37. The van der Waals surface area contributed by atoms with Gasteiger partial charge >= 0.3 is 5.97 Å². The van der Waals surface area contributed by atoms with Gasteiger partial charge in [-0.1, -0.05) is 36.4 Å². The molecule has 6 nitrogen and oxygen atoms in total. The number of nitrogens with one attached hydrogen (secondary N) is 2. The molecule has 0 aliphatic heterocycles. The summed E-state index contributed by atoms with van der Waals surface area (Å²) in [6.07, 6.45) is 0.846. The van der Waals surface area contributed by atoms with Crippen LogP contribution in [0.15, 0.2) is 54.6 Å². The molecule has 3 aromatic carbocycles. The first-order chi connectivity index (χ1) is 14.4. The van der Waals surface area contributed by atoms with Gasteiger partial charge in [-0.3, -0.25) is 9.59 Å². The third kappa shape index (κ3) is 4.84. The summed E-state index contributed by atoms with van der Waals surface area (Å²) in [6.45, 7) is 3.46. The maximum absolute atomic E-state index is 12.4. The van der Waals surface area contributed by atoms with Gasteiger partial charge in [0.15, 0.2) is 0 Å². The lowest BCUT2D eigenvalue weighted by Gasteiger charge is -2.12. The van der Waals surface area contributed by atoms with Gasteiger partial charge in [0.05, 0.1) is 18.4 Å². The summed E-state index contributed by atoms with van der Waals surface area (Å²) in [7, 11) is 1.31. The predicted octanol–water partition coefficient (Wildman–Crippen LogP) is 4.46. The summed E-state index contributed by atoms with van der Waals surface area (Å²) in [5, 5.41) is 7.73. The smallest absolute Gasteiger partial charge is 0.339 e. The minimum absolute atomic E-state index is 0.103. The molecule has 0 spiro atoms. The van der Waals surface area contributed by atoms with Crippen molar-refractivity contribution in [1.29, 1.82) is 0 Å².